The van der Waals surface area contributed by atoms with Gasteiger partial charge in [0.25, 0.3) is 0 Å². The Balaban J connectivity index is 2.83. The van der Waals surface area contributed by atoms with Gasteiger partial charge in [-0.25, -0.2) is 0 Å². The van der Waals surface area contributed by atoms with E-state index in [0.29, 0.717) is 12.3 Å². The van der Waals surface area contributed by atoms with Crippen molar-refractivity contribution in [1.82, 2.24) is 0 Å². The predicted octanol–water partition coefficient (Wildman–Crippen LogP) is 4.89. The summed E-state index contributed by atoms with van der Waals surface area (Å²) in [6.45, 7) is 4.29. The molecule has 1 N–H and O–H groups in total. The Labute approximate surface area is 110 Å². The van der Waals surface area contributed by atoms with Crippen LogP contribution in [0.1, 0.15) is 42.1 Å². The summed E-state index contributed by atoms with van der Waals surface area (Å²) < 4.78 is 0. The smallest absolute Gasteiger partial charge is 0.387 e. The zero-order valence-corrected chi connectivity index (χ0v) is 11.6. The third kappa shape index (κ3) is 4.20. The number of allylic oxidation sites excluding steroid dienone is 1. The summed E-state index contributed by atoms with van der Waals surface area (Å²) in [5.74, 6) is 0.524. The summed E-state index contributed by atoms with van der Waals surface area (Å²) in [5, 5.41) is 17.7. The molecule has 0 aliphatic heterocycles. The third-order valence-electron chi connectivity index (χ3n) is 2.53. The molecule has 0 saturated heterocycles. The Morgan fingerprint density at radius 1 is 1.47 bits per heavy atom. The molecule has 1 unspecified atom stereocenters. The largest absolute Gasteiger partial charge is 0.505 e. The van der Waals surface area contributed by atoms with E-state index in [9.17, 15) is 5.11 Å². The lowest BCUT2D eigenvalue weighted by molar-refractivity contribution is 0.388. The highest BCUT2D eigenvalue weighted by Gasteiger charge is 2.13. The monoisotopic (exact) mass is 295 g/mol. The first kappa shape index (κ1) is 13.7. The van der Waals surface area contributed by atoms with Gasteiger partial charge in [-0.15, -0.1) is 0 Å². The fraction of sp³-hybridized carbons (Fsp3) is 0.385. The molecule has 0 amide bonds. The normalized spacial score (nSPS) is 13.5. The zero-order valence-electron chi connectivity index (χ0n) is 9.97. The van der Waals surface area contributed by atoms with Gasteiger partial charge >= 0.3 is 6.20 Å². The summed E-state index contributed by atoms with van der Waals surface area (Å²) in [5.41, 5.74) is 2.37. The van der Waals surface area contributed by atoms with E-state index in [4.69, 9.17) is 5.39 Å². The van der Waals surface area contributed by atoms with Crippen molar-refractivity contribution in [3.8, 4) is 0 Å². The van der Waals surface area contributed by atoms with Crippen LogP contribution in [-0.2, 0) is 0 Å². The zero-order chi connectivity index (χ0) is 12.8. The number of alkyl halides is 1. The molecule has 3 nitrogen and oxygen atoms in total. The SMILES string of the molecule is CC(C)c1cccc(C(Br)C/C(O)=C/[N+]#N)c1. The lowest BCUT2D eigenvalue weighted by Gasteiger charge is -2.12. The number of hydrogen-bond acceptors (Lipinski definition) is 2. The van der Waals surface area contributed by atoms with E-state index in [0.717, 1.165) is 11.8 Å². The lowest BCUT2D eigenvalue weighted by Crippen LogP contribution is -1.95. The van der Waals surface area contributed by atoms with Gasteiger partial charge in [-0.3, -0.25) is 0 Å². The van der Waals surface area contributed by atoms with Crippen LogP contribution in [0.2, 0.25) is 0 Å². The molecule has 1 aromatic rings. The number of hydrogen-bond donors (Lipinski definition) is 1. The van der Waals surface area contributed by atoms with Gasteiger partial charge in [0, 0.05) is 11.2 Å². The Bertz CT molecular complexity index is 449. The van der Waals surface area contributed by atoms with Crippen molar-refractivity contribution in [3.05, 3.63) is 52.3 Å². The van der Waals surface area contributed by atoms with Crippen molar-refractivity contribution in [2.45, 2.75) is 31.0 Å². The average molecular weight is 296 g/mol. The first-order chi connectivity index (χ1) is 8.04. The van der Waals surface area contributed by atoms with E-state index in [2.05, 4.69) is 46.9 Å². The number of benzene rings is 1. The second-order valence-corrected chi connectivity index (χ2v) is 5.34. The minimum Gasteiger partial charge on any atom is -0.505 e. The van der Waals surface area contributed by atoms with E-state index in [1.54, 1.807) is 0 Å². The maximum Gasteiger partial charge on any atom is 0.387 e. The highest BCUT2D eigenvalue weighted by Crippen LogP contribution is 2.30. The Hall–Kier alpha value is -1.34. The van der Waals surface area contributed by atoms with Crippen LogP contribution in [0.5, 0.6) is 0 Å². The van der Waals surface area contributed by atoms with E-state index in [1.807, 2.05) is 12.1 Å². The van der Waals surface area contributed by atoms with Gasteiger partial charge in [0.05, 0.1) is 0 Å². The number of rotatable bonds is 4. The third-order valence-corrected chi connectivity index (χ3v) is 3.39. The van der Waals surface area contributed by atoms with Gasteiger partial charge in [0.1, 0.15) is 0 Å². The van der Waals surface area contributed by atoms with E-state index >= 15 is 0 Å². The molecule has 0 heterocycles. The van der Waals surface area contributed by atoms with Crippen LogP contribution in [0.3, 0.4) is 0 Å². The summed E-state index contributed by atoms with van der Waals surface area (Å²) in [6, 6.07) is 8.23. The highest BCUT2D eigenvalue weighted by molar-refractivity contribution is 9.09. The Morgan fingerprint density at radius 3 is 2.71 bits per heavy atom. The van der Waals surface area contributed by atoms with Crippen LogP contribution in [0.15, 0.2) is 36.2 Å². The van der Waals surface area contributed by atoms with Crippen molar-refractivity contribution in [3.63, 3.8) is 0 Å². The fourth-order valence-corrected chi connectivity index (χ4v) is 2.15. The van der Waals surface area contributed by atoms with Crippen LogP contribution in [-0.4, -0.2) is 5.11 Å². The van der Waals surface area contributed by atoms with E-state index < -0.39 is 0 Å². The molecule has 4 heteroatoms. The number of aliphatic hydroxyl groups excluding tert-OH is 1. The van der Waals surface area contributed by atoms with Crippen LogP contribution in [0, 0.1) is 5.39 Å². The second-order valence-electron chi connectivity index (χ2n) is 4.23. The van der Waals surface area contributed by atoms with Gasteiger partial charge in [-0.05, 0) is 17.0 Å². The van der Waals surface area contributed by atoms with Crippen molar-refractivity contribution >= 4 is 15.9 Å². The molecule has 17 heavy (non-hydrogen) atoms. The van der Waals surface area contributed by atoms with Crippen molar-refractivity contribution in [1.29, 1.82) is 5.39 Å². The van der Waals surface area contributed by atoms with Crippen molar-refractivity contribution < 1.29 is 5.11 Å². The number of aliphatic hydroxyl groups is 1. The Morgan fingerprint density at radius 2 is 2.12 bits per heavy atom. The molecule has 0 bridgehead atoms. The molecular weight excluding hydrogens is 280 g/mol. The maximum atomic E-state index is 9.44. The van der Waals surface area contributed by atoms with Crippen molar-refractivity contribution in [2.24, 2.45) is 0 Å². The molecule has 0 spiro atoms. The van der Waals surface area contributed by atoms with Crippen LogP contribution in [0.25, 0.3) is 4.98 Å². The first-order valence-electron chi connectivity index (χ1n) is 5.50. The van der Waals surface area contributed by atoms with E-state index in [1.165, 1.54) is 5.56 Å². The fourth-order valence-electron chi connectivity index (χ4n) is 1.53. The number of nitrogens with zero attached hydrogens (tertiary/aromatic N) is 2. The van der Waals surface area contributed by atoms with Gasteiger partial charge in [-0.1, -0.05) is 54.0 Å². The molecule has 0 aromatic heterocycles. The molecule has 1 atom stereocenters. The van der Waals surface area contributed by atoms with Gasteiger partial charge in [0.15, 0.2) is 10.7 Å². The molecule has 1 rings (SSSR count). The molecule has 0 aliphatic carbocycles. The van der Waals surface area contributed by atoms with Gasteiger partial charge in [0.2, 0.25) is 5.39 Å². The molecule has 90 valence electrons. The van der Waals surface area contributed by atoms with E-state index in [-0.39, 0.29) is 10.6 Å². The number of halogens is 1. The summed E-state index contributed by atoms with van der Waals surface area (Å²) in [6.07, 6.45) is 1.44. The minimum atomic E-state index is 0.0131. The summed E-state index contributed by atoms with van der Waals surface area (Å²) in [7, 11) is 0. The standard InChI is InChI=1S/C13H15BrN2O/c1-9(2)10-4-3-5-11(6-10)13(14)7-12(17)8-16-15/h3-6,8-9,13H,7H2,1-2H3/p+1/b12-8-. The molecule has 0 saturated carbocycles. The highest BCUT2D eigenvalue weighted by atomic mass is 79.9. The number of diazo groups is 1. The lowest BCUT2D eigenvalue weighted by atomic mass is 9.99. The maximum absolute atomic E-state index is 9.44. The molecule has 0 aliphatic rings. The topological polar surface area (TPSA) is 48.4 Å². The average Bonchev–Trinajstić information content (AvgIpc) is 2.29. The van der Waals surface area contributed by atoms with Crippen LogP contribution < -0.4 is 0 Å². The van der Waals surface area contributed by atoms with Gasteiger partial charge in [-0.2, -0.15) is 0 Å². The predicted molar refractivity (Wildman–Crippen MR) is 72.6 cm³/mol. The Kier molecular flexibility index (Phi) is 5.17. The summed E-state index contributed by atoms with van der Waals surface area (Å²) >= 11 is 3.52. The minimum absolute atomic E-state index is 0.0131. The summed E-state index contributed by atoms with van der Waals surface area (Å²) in [4.78, 5) is 2.81. The molecule has 1 aromatic carbocycles. The molecule has 0 fully saturated rings. The second kappa shape index (κ2) is 6.41. The quantitative estimate of drug-likeness (QED) is 0.488. The van der Waals surface area contributed by atoms with Crippen molar-refractivity contribution in [2.75, 3.05) is 0 Å². The van der Waals surface area contributed by atoms with Crippen LogP contribution in [0.4, 0.5) is 0 Å². The molecule has 0 radical (unpaired) electrons. The molecular formula is C13H16BrN2O+. The first-order valence-corrected chi connectivity index (χ1v) is 6.42. The van der Waals surface area contributed by atoms with Gasteiger partial charge < -0.3 is 5.11 Å². The van der Waals surface area contributed by atoms with Crippen LogP contribution >= 0.6 is 15.9 Å².